The average molecular weight is 320 g/mol. The molecule has 0 unspecified atom stereocenters. The molecule has 3 nitrogen and oxygen atoms in total. The topological polar surface area (TPSA) is 38.3 Å². The monoisotopic (exact) mass is 319 g/mol. The minimum Gasteiger partial charge on any atom is -0.381 e. The lowest BCUT2D eigenvalue weighted by Crippen LogP contribution is -2.01. The number of aryl methyl sites for hydroxylation is 1. The Bertz CT molecular complexity index is 549. The number of hydrogen-bond acceptors (Lipinski definition) is 3. The van der Waals surface area contributed by atoms with Gasteiger partial charge >= 0.3 is 5.97 Å². The number of benzene rings is 2. The lowest BCUT2D eigenvalue weighted by Gasteiger charge is -2.07. The largest absolute Gasteiger partial charge is 0.381 e. The van der Waals surface area contributed by atoms with E-state index in [0.29, 0.717) is 5.56 Å². The molecule has 1 N–H and O–H groups in total. The van der Waals surface area contributed by atoms with Crippen molar-refractivity contribution in [2.75, 3.05) is 5.32 Å². The van der Waals surface area contributed by atoms with E-state index in [2.05, 4.69) is 56.6 Å². The van der Waals surface area contributed by atoms with Crippen LogP contribution in [0, 0.1) is 6.92 Å². The van der Waals surface area contributed by atoms with E-state index in [4.69, 9.17) is 0 Å². The van der Waals surface area contributed by atoms with E-state index in [1.807, 2.05) is 12.1 Å². The zero-order valence-electron chi connectivity index (χ0n) is 10.5. The van der Waals surface area contributed by atoms with Crippen molar-refractivity contribution >= 4 is 27.9 Å². The van der Waals surface area contributed by atoms with Crippen LogP contribution in [0.15, 0.2) is 48.5 Å². The Balaban J connectivity index is 1.96. The second-order valence-electron chi connectivity index (χ2n) is 4.28. The molecule has 0 saturated carbocycles. The fourth-order valence-corrected chi connectivity index (χ4v) is 1.87. The number of anilines is 1. The van der Waals surface area contributed by atoms with Crippen LogP contribution in [-0.4, -0.2) is 5.97 Å². The normalized spacial score (nSPS) is 10.0. The van der Waals surface area contributed by atoms with Gasteiger partial charge in [-0.3, -0.25) is 0 Å². The minimum atomic E-state index is -0.398. The van der Waals surface area contributed by atoms with Crippen molar-refractivity contribution in [3.63, 3.8) is 0 Å². The highest BCUT2D eigenvalue weighted by molar-refractivity contribution is 9.06. The first-order valence-corrected chi connectivity index (χ1v) is 6.56. The van der Waals surface area contributed by atoms with Crippen LogP contribution in [0.1, 0.15) is 21.5 Å². The van der Waals surface area contributed by atoms with Crippen LogP contribution in [0.3, 0.4) is 0 Å². The number of nitrogens with one attached hydrogen (secondary N) is 1. The number of rotatable bonds is 4. The summed E-state index contributed by atoms with van der Waals surface area (Å²) in [4.78, 5) is 11.2. The van der Waals surface area contributed by atoms with Gasteiger partial charge in [-0.25, -0.2) is 4.79 Å². The van der Waals surface area contributed by atoms with Gasteiger partial charge in [-0.15, -0.1) is 0 Å². The molecule has 0 fully saturated rings. The summed E-state index contributed by atoms with van der Waals surface area (Å²) in [6, 6.07) is 15.5. The molecular formula is C15H14BrNO2. The molecule has 0 aliphatic rings. The van der Waals surface area contributed by atoms with Crippen LogP contribution in [0.25, 0.3) is 0 Å². The van der Waals surface area contributed by atoms with Gasteiger partial charge in [-0.1, -0.05) is 29.8 Å². The maximum absolute atomic E-state index is 11.2. The van der Waals surface area contributed by atoms with Crippen LogP contribution >= 0.6 is 16.3 Å². The third-order valence-corrected chi connectivity index (χ3v) is 3.10. The minimum absolute atomic E-state index is 0.398. The molecule has 0 amide bonds. The standard InChI is InChI=1S/C15H14BrNO2/c1-11-2-4-12(5-3-11)10-17-14-8-6-13(7-9-14)15(18)19-16/h2-9,17H,10H2,1H3. The zero-order chi connectivity index (χ0) is 13.7. The summed E-state index contributed by atoms with van der Waals surface area (Å²) in [5.74, 6) is -0.398. The summed E-state index contributed by atoms with van der Waals surface area (Å²) in [5.41, 5.74) is 3.94. The van der Waals surface area contributed by atoms with Gasteiger partial charge in [0.05, 0.1) is 5.56 Å². The molecule has 0 bridgehead atoms. The maximum Gasteiger partial charge on any atom is 0.349 e. The molecular weight excluding hydrogens is 306 g/mol. The summed E-state index contributed by atoms with van der Waals surface area (Å²) < 4.78 is 4.47. The predicted octanol–water partition coefficient (Wildman–Crippen LogP) is 4.07. The summed E-state index contributed by atoms with van der Waals surface area (Å²) in [5, 5.41) is 3.30. The summed E-state index contributed by atoms with van der Waals surface area (Å²) >= 11 is 2.67. The number of carbonyl (C=O) groups is 1. The van der Waals surface area contributed by atoms with Gasteiger partial charge in [-0.2, -0.15) is 0 Å². The van der Waals surface area contributed by atoms with Gasteiger partial charge in [-0.05, 0) is 36.8 Å². The third-order valence-electron chi connectivity index (χ3n) is 2.81. The van der Waals surface area contributed by atoms with Gasteiger partial charge in [0.25, 0.3) is 0 Å². The van der Waals surface area contributed by atoms with Gasteiger partial charge in [0, 0.05) is 12.2 Å². The molecule has 0 radical (unpaired) electrons. The molecule has 0 spiro atoms. The first-order chi connectivity index (χ1) is 9.19. The predicted molar refractivity (Wildman–Crippen MR) is 79.3 cm³/mol. The number of hydrogen-bond donors (Lipinski definition) is 1. The second-order valence-corrected chi connectivity index (χ2v) is 4.60. The number of carbonyl (C=O) groups excluding carboxylic acids is 1. The molecule has 98 valence electrons. The van der Waals surface area contributed by atoms with Gasteiger partial charge in [0.1, 0.15) is 0 Å². The fourth-order valence-electron chi connectivity index (χ4n) is 1.68. The molecule has 2 aromatic carbocycles. The lowest BCUT2D eigenvalue weighted by molar-refractivity contribution is 0.0782. The zero-order valence-corrected chi connectivity index (χ0v) is 12.1. The smallest absolute Gasteiger partial charge is 0.349 e. The molecule has 0 aliphatic carbocycles. The highest BCUT2D eigenvalue weighted by Gasteiger charge is 2.04. The van der Waals surface area contributed by atoms with E-state index in [9.17, 15) is 4.79 Å². The molecule has 0 aromatic heterocycles. The molecule has 0 aliphatic heterocycles. The number of halogens is 1. The first-order valence-electron chi connectivity index (χ1n) is 5.91. The van der Waals surface area contributed by atoms with Crippen LogP contribution in [-0.2, 0) is 10.4 Å². The van der Waals surface area contributed by atoms with E-state index in [1.54, 1.807) is 12.1 Å². The summed E-state index contributed by atoms with van der Waals surface area (Å²) in [6.45, 7) is 2.82. The summed E-state index contributed by atoms with van der Waals surface area (Å²) in [6.07, 6.45) is 0. The highest BCUT2D eigenvalue weighted by Crippen LogP contribution is 2.13. The Morgan fingerprint density at radius 1 is 1.11 bits per heavy atom. The molecule has 0 saturated heterocycles. The van der Waals surface area contributed by atoms with E-state index in [-0.39, 0.29) is 0 Å². The van der Waals surface area contributed by atoms with Crippen molar-refractivity contribution in [1.82, 2.24) is 0 Å². The first kappa shape index (κ1) is 13.6. The molecule has 4 heteroatoms. The van der Waals surface area contributed by atoms with Crippen molar-refractivity contribution in [3.8, 4) is 0 Å². The quantitative estimate of drug-likeness (QED) is 0.923. The summed E-state index contributed by atoms with van der Waals surface area (Å²) in [7, 11) is 0. The third kappa shape index (κ3) is 3.83. The molecule has 19 heavy (non-hydrogen) atoms. The van der Waals surface area contributed by atoms with Gasteiger partial charge < -0.3 is 9.15 Å². The van der Waals surface area contributed by atoms with Crippen LogP contribution in [0.5, 0.6) is 0 Å². The molecule has 0 heterocycles. The lowest BCUT2D eigenvalue weighted by atomic mass is 10.1. The van der Waals surface area contributed by atoms with Gasteiger partial charge in [0.2, 0.25) is 0 Å². The Kier molecular flexibility index (Phi) is 4.58. The van der Waals surface area contributed by atoms with Crippen molar-refractivity contribution in [2.45, 2.75) is 13.5 Å². The van der Waals surface area contributed by atoms with Crippen molar-refractivity contribution in [2.24, 2.45) is 0 Å². The molecule has 0 atom stereocenters. The van der Waals surface area contributed by atoms with E-state index in [0.717, 1.165) is 12.2 Å². The second kappa shape index (κ2) is 6.38. The highest BCUT2D eigenvalue weighted by atomic mass is 79.9. The maximum atomic E-state index is 11.2. The Hall–Kier alpha value is -1.81. The van der Waals surface area contributed by atoms with Crippen molar-refractivity contribution in [3.05, 3.63) is 65.2 Å². The van der Waals surface area contributed by atoms with Crippen molar-refractivity contribution < 1.29 is 8.62 Å². The van der Waals surface area contributed by atoms with Crippen LogP contribution in [0.4, 0.5) is 5.69 Å². The Morgan fingerprint density at radius 3 is 2.32 bits per heavy atom. The van der Waals surface area contributed by atoms with Gasteiger partial charge in [0.15, 0.2) is 16.3 Å². The van der Waals surface area contributed by atoms with E-state index in [1.165, 1.54) is 11.1 Å². The Labute approximate surface area is 121 Å². The Morgan fingerprint density at radius 2 is 1.74 bits per heavy atom. The van der Waals surface area contributed by atoms with Crippen LogP contribution in [0.2, 0.25) is 0 Å². The van der Waals surface area contributed by atoms with Crippen LogP contribution < -0.4 is 5.32 Å². The van der Waals surface area contributed by atoms with Crippen molar-refractivity contribution in [1.29, 1.82) is 0 Å². The fraction of sp³-hybridized carbons (Fsp3) is 0.133. The van der Waals surface area contributed by atoms with E-state index < -0.39 is 5.97 Å². The molecule has 2 rings (SSSR count). The molecule has 2 aromatic rings. The average Bonchev–Trinajstić information content (AvgIpc) is 2.46. The SMILES string of the molecule is Cc1ccc(CNc2ccc(C(=O)OBr)cc2)cc1. The van der Waals surface area contributed by atoms with E-state index >= 15 is 0 Å².